The van der Waals surface area contributed by atoms with Gasteiger partial charge in [0.25, 0.3) is 0 Å². The van der Waals surface area contributed by atoms with Gasteiger partial charge in [0.15, 0.2) is 0 Å². The van der Waals surface area contributed by atoms with E-state index in [2.05, 4.69) is 29.5 Å². The van der Waals surface area contributed by atoms with Crippen LogP contribution in [-0.2, 0) is 6.54 Å². The lowest BCUT2D eigenvalue weighted by Gasteiger charge is -2.33. The van der Waals surface area contributed by atoms with Crippen molar-refractivity contribution in [3.8, 4) is 0 Å². The summed E-state index contributed by atoms with van der Waals surface area (Å²) in [5, 5.41) is 2.16. The molecule has 0 saturated heterocycles. The zero-order valence-corrected chi connectivity index (χ0v) is 12.3. The van der Waals surface area contributed by atoms with Gasteiger partial charge in [-0.3, -0.25) is 4.90 Å². The van der Waals surface area contributed by atoms with Gasteiger partial charge in [0.05, 0.1) is 0 Å². The smallest absolute Gasteiger partial charge is 0.0328 e. The SMILES string of the molecule is CN(Cc1cccs1)C(CN)C1CCCCCC1. The number of thiophene rings is 1. The first-order valence-electron chi connectivity index (χ1n) is 7.24. The average molecular weight is 266 g/mol. The van der Waals surface area contributed by atoms with E-state index >= 15 is 0 Å². The molecule has 1 atom stereocenters. The predicted octanol–water partition coefficient (Wildman–Crippen LogP) is 3.48. The normalized spacial score (nSPS) is 19.9. The van der Waals surface area contributed by atoms with Crippen LogP contribution in [0.4, 0.5) is 0 Å². The first-order chi connectivity index (χ1) is 8.81. The van der Waals surface area contributed by atoms with Crippen molar-refractivity contribution < 1.29 is 0 Å². The number of hydrogen-bond donors (Lipinski definition) is 1. The number of nitrogens with two attached hydrogens (primary N) is 1. The molecule has 0 aromatic carbocycles. The number of likely N-dealkylation sites (N-methyl/N-ethyl adjacent to an activating group) is 1. The molecule has 1 aromatic heterocycles. The third kappa shape index (κ3) is 3.81. The standard InChI is InChI=1S/C15H26N2S/c1-17(12-14-9-6-10-18-14)15(11-16)13-7-4-2-3-5-8-13/h6,9-10,13,15H,2-5,7-8,11-12,16H2,1H3. The monoisotopic (exact) mass is 266 g/mol. The number of nitrogens with zero attached hydrogens (tertiary/aromatic N) is 1. The van der Waals surface area contributed by atoms with Gasteiger partial charge in [-0.1, -0.05) is 31.7 Å². The Labute approximate surface area is 115 Å². The lowest BCUT2D eigenvalue weighted by atomic mass is 9.91. The van der Waals surface area contributed by atoms with Crippen LogP contribution < -0.4 is 5.73 Å². The van der Waals surface area contributed by atoms with Crippen LogP contribution in [-0.4, -0.2) is 24.5 Å². The summed E-state index contributed by atoms with van der Waals surface area (Å²) in [7, 11) is 2.24. The summed E-state index contributed by atoms with van der Waals surface area (Å²) < 4.78 is 0. The van der Waals surface area contributed by atoms with Gasteiger partial charge in [0.2, 0.25) is 0 Å². The van der Waals surface area contributed by atoms with Gasteiger partial charge in [-0.05, 0) is 37.3 Å². The maximum atomic E-state index is 6.05. The fourth-order valence-electron chi connectivity index (χ4n) is 3.19. The highest BCUT2D eigenvalue weighted by atomic mass is 32.1. The minimum Gasteiger partial charge on any atom is -0.329 e. The second-order valence-corrected chi connectivity index (χ2v) is 6.58. The van der Waals surface area contributed by atoms with E-state index in [1.807, 2.05) is 11.3 Å². The van der Waals surface area contributed by atoms with Crippen LogP contribution in [0.15, 0.2) is 17.5 Å². The fraction of sp³-hybridized carbons (Fsp3) is 0.733. The third-order valence-corrected chi connectivity index (χ3v) is 5.10. The van der Waals surface area contributed by atoms with Gasteiger partial charge in [-0.25, -0.2) is 0 Å². The lowest BCUT2D eigenvalue weighted by Crippen LogP contribution is -2.42. The molecule has 102 valence electrons. The minimum absolute atomic E-state index is 0.560. The summed E-state index contributed by atoms with van der Waals surface area (Å²) in [6, 6.07) is 4.92. The molecule has 1 fully saturated rings. The quantitative estimate of drug-likeness (QED) is 0.827. The Morgan fingerprint density at radius 3 is 2.61 bits per heavy atom. The first-order valence-corrected chi connectivity index (χ1v) is 8.12. The Balaban J connectivity index is 1.93. The molecule has 0 amide bonds. The molecule has 0 radical (unpaired) electrons. The summed E-state index contributed by atoms with van der Waals surface area (Å²) in [5.74, 6) is 0.808. The van der Waals surface area contributed by atoms with Crippen LogP contribution in [0.25, 0.3) is 0 Å². The Bertz CT molecular complexity index is 315. The summed E-state index contributed by atoms with van der Waals surface area (Å²) in [4.78, 5) is 3.92. The summed E-state index contributed by atoms with van der Waals surface area (Å²) in [6.45, 7) is 1.85. The fourth-order valence-corrected chi connectivity index (χ4v) is 3.96. The van der Waals surface area contributed by atoms with Crippen LogP contribution >= 0.6 is 11.3 Å². The van der Waals surface area contributed by atoms with E-state index in [9.17, 15) is 0 Å². The molecule has 1 unspecified atom stereocenters. The van der Waals surface area contributed by atoms with Crippen molar-refractivity contribution in [1.82, 2.24) is 4.90 Å². The van der Waals surface area contributed by atoms with E-state index in [0.717, 1.165) is 19.0 Å². The van der Waals surface area contributed by atoms with Crippen molar-refractivity contribution in [2.24, 2.45) is 11.7 Å². The van der Waals surface area contributed by atoms with Crippen molar-refractivity contribution in [2.45, 2.75) is 51.1 Å². The van der Waals surface area contributed by atoms with E-state index in [-0.39, 0.29) is 0 Å². The second-order valence-electron chi connectivity index (χ2n) is 5.55. The Morgan fingerprint density at radius 2 is 2.06 bits per heavy atom. The van der Waals surface area contributed by atoms with Crippen LogP contribution in [0.2, 0.25) is 0 Å². The summed E-state index contributed by atoms with van der Waals surface area (Å²) >= 11 is 1.85. The van der Waals surface area contributed by atoms with Gasteiger partial charge in [0.1, 0.15) is 0 Å². The van der Waals surface area contributed by atoms with Crippen LogP contribution in [0.5, 0.6) is 0 Å². The van der Waals surface area contributed by atoms with E-state index in [1.165, 1.54) is 43.4 Å². The van der Waals surface area contributed by atoms with E-state index in [0.29, 0.717) is 6.04 Å². The molecule has 1 saturated carbocycles. The Kier molecular flexibility index (Phi) is 5.67. The average Bonchev–Trinajstić information content (AvgIpc) is 2.72. The third-order valence-electron chi connectivity index (χ3n) is 4.24. The molecule has 1 aliphatic rings. The van der Waals surface area contributed by atoms with E-state index < -0.39 is 0 Å². The Morgan fingerprint density at radius 1 is 1.33 bits per heavy atom. The van der Waals surface area contributed by atoms with Crippen LogP contribution in [0.1, 0.15) is 43.4 Å². The molecule has 0 aliphatic heterocycles. The first kappa shape index (κ1) is 14.0. The topological polar surface area (TPSA) is 29.3 Å². The van der Waals surface area contributed by atoms with Gasteiger partial charge in [0, 0.05) is 24.0 Å². The second kappa shape index (κ2) is 7.27. The Hall–Kier alpha value is -0.380. The predicted molar refractivity (Wildman–Crippen MR) is 79.8 cm³/mol. The largest absolute Gasteiger partial charge is 0.329 e. The maximum absolute atomic E-state index is 6.05. The molecular formula is C15H26N2S. The van der Waals surface area contributed by atoms with E-state index in [4.69, 9.17) is 5.73 Å². The molecule has 0 bridgehead atoms. The molecule has 1 heterocycles. The van der Waals surface area contributed by atoms with Crippen molar-refractivity contribution in [3.05, 3.63) is 22.4 Å². The van der Waals surface area contributed by atoms with Gasteiger partial charge in [-0.15, -0.1) is 11.3 Å². The molecular weight excluding hydrogens is 240 g/mol. The minimum atomic E-state index is 0.560. The zero-order valence-electron chi connectivity index (χ0n) is 11.5. The van der Waals surface area contributed by atoms with E-state index in [1.54, 1.807) is 0 Å². The molecule has 2 N–H and O–H groups in total. The molecule has 0 spiro atoms. The van der Waals surface area contributed by atoms with Crippen molar-refractivity contribution in [1.29, 1.82) is 0 Å². The summed E-state index contributed by atoms with van der Waals surface area (Å²) in [6.07, 6.45) is 8.38. The van der Waals surface area contributed by atoms with Crippen LogP contribution in [0.3, 0.4) is 0 Å². The highest BCUT2D eigenvalue weighted by Gasteiger charge is 2.25. The zero-order chi connectivity index (χ0) is 12.8. The highest BCUT2D eigenvalue weighted by molar-refractivity contribution is 7.09. The number of rotatable bonds is 5. The highest BCUT2D eigenvalue weighted by Crippen LogP contribution is 2.28. The van der Waals surface area contributed by atoms with Crippen molar-refractivity contribution in [2.75, 3.05) is 13.6 Å². The van der Waals surface area contributed by atoms with Gasteiger partial charge >= 0.3 is 0 Å². The van der Waals surface area contributed by atoms with Gasteiger partial charge < -0.3 is 5.73 Å². The molecule has 1 aliphatic carbocycles. The maximum Gasteiger partial charge on any atom is 0.0328 e. The van der Waals surface area contributed by atoms with Gasteiger partial charge in [-0.2, -0.15) is 0 Å². The van der Waals surface area contributed by atoms with Crippen molar-refractivity contribution in [3.63, 3.8) is 0 Å². The summed E-state index contributed by atoms with van der Waals surface area (Å²) in [5.41, 5.74) is 6.05. The molecule has 2 nitrogen and oxygen atoms in total. The molecule has 1 aromatic rings. The lowest BCUT2D eigenvalue weighted by molar-refractivity contribution is 0.161. The molecule has 18 heavy (non-hydrogen) atoms. The van der Waals surface area contributed by atoms with Crippen LogP contribution in [0, 0.1) is 5.92 Å². The molecule has 3 heteroatoms. The van der Waals surface area contributed by atoms with Crippen molar-refractivity contribution >= 4 is 11.3 Å². The molecule has 2 rings (SSSR count). The number of hydrogen-bond acceptors (Lipinski definition) is 3.